The molecule has 3 N–H and O–H groups in total. The smallest absolute Gasteiger partial charge is 0.234 e. The van der Waals surface area contributed by atoms with E-state index in [1.807, 2.05) is 41.8 Å². The normalized spacial score (nSPS) is 11.0. The fourth-order valence-corrected chi connectivity index (χ4v) is 3.59. The number of rotatable bonds is 6. The quantitative estimate of drug-likeness (QED) is 0.509. The number of nitrogens with zero attached hydrogens (tertiary/aromatic N) is 3. The topological polar surface area (TPSA) is 85.8 Å². The molecule has 2 heterocycles. The van der Waals surface area contributed by atoms with E-state index in [0.29, 0.717) is 16.9 Å². The Bertz CT molecular complexity index is 841. The molecule has 1 amide bonds. The summed E-state index contributed by atoms with van der Waals surface area (Å²) >= 11 is 2.80. The number of carbonyl (C=O) groups is 1. The molecule has 3 aromatic rings. The Morgan fingerprint density at radius 3 is 2.68 bits per heavy atom. The van der Waals surface area contributed by atoms with Crippen LogP contribution < -0.4 is 11.2 Å². The van der Waals surface area contributed by atoms with Crippen LogP contribution in [0.4, 0.5) is 5.69 Å². The Morgan fingerprint density at radius 2 is 2.04 bits per heavy atom. The van der Waals surface area contributed by atoms with Crippen LogP contribution in [0.25, 0.3) is 10.7 Å². The van der Waals surface area contributed by atoms with E-state index in [-0.39, 0.29) is 11.7 Å². The molecular formula is C17H19N5OS2. The summed E-state index contributed by atoms with van der Waals surface area (Å²) in [6, 6.07) is 11.7. The molecule has 130 valence electrons. The van der Waals surface area contributed by atoms with E-state index in [4.69, 9.17) is 5.84 Å². The number of hydrogen-bond acceptors (Lipinski definition) is 6. The molecule has 1 aromatic carbocycles. The van der Waals surface area contributed by atoms with Gasteiger partial charge in [0.1, 0.15) is 0 Å². The van der Waals surface area contributed by atoms with Crippen LogP contribution in [0.2, 0.25) is 0 Å². The van der Waals surface area contributed by atoms with Gasteiger partial charge in [0, 0.05) is 5.69 Å². The monoisotopic (exact) mass is 373 g/mol. The van der Waals surface area contributed by atoms with Crippen molar-refractivity contribution in [1.82, 2.24) is 14.9 Å². The molecule has 0 bridgehead atoms. The Hall–Kier alpha value is -2.32. The van der Waals surface area contributed by atoms with Crippen molar-refractivity contribution in [3.63, 3.8) is 0 Å². The van der Waals surface area contributed by atoms with Gasteiger partial charge in [-0.15, -0.1) is 21.5 Å². The van der Waals surface area contributed by atoms with Crippen LogP contribution in [0.3, 0.4) is 0 Å². The second-order valence-corrected chi connectivity index (χ2v) is 7.66. The average molecular weight is 374 g/mol. The Morgan fingerprint density at radius 1 is 1.28 bits per heavy atom. The van der Waals surface area contributed by atoms with E-state index in [1.54, 1.807) is 11.3 Å². The fourth-order valence-electron chi connectivity index (χ4n) is 2.23. The third kappa shape index (κ3) is 4.21. The molecular weight excluding hydrogens is 354 g/mol. The number of benzene rings is 1. The Kier molecular flexibility index (Phi) is 5.40. The predicted molar refractivity (Wildman–Crippen MR) is 103 cm³/mol. The summed E-state index contributed by atoms with van der Waals surface area (Å²) in [5.41, 5.74) is 2.02. The first-order chi connectivity index (χ1) is 12.0. The van der Waals surface area contributed by atoms with Crippen molar-refractivity contribution in [1.29, 1.82) is 0 Å². The zero-order valence-electron chi connectivity index (χ0n) is 14.0. The number of anilines is 1. The molecule has 3 rings (SSSR count). The number of nitrogens with one attached hydrogen (secondary N) is 1. The molecule has 0 spiro atoms. The highest BCUT2D eigenvalue weighted by Crippen LogP contribution is 2.25. The van der Waals surface area contributed by atoms with Crippen LogP contribution >= 0.6 is 23.1 Å². The molecule has 6 nitrogen and oxygen atoms in total. The molecule has 0 unspecified atom stereocenters. The maximum absolute atomic E-state index is 12.1. The fraction of sp³-hybridized carbons (Fsp3) is 0.235. The Balaban J connectivity index is 1.57. The van der Waals surface area contributed by atoms with Crippen LogP contribution in [-0.4, -0.2) is 26.5 Å². The van der Waals surface area contributed by atoms with Crippen molar-refractivity contribution in [2.24, 2.45) is 0 Å². The largest absolute Gasteiger partial charge is 0.335 e. The number of nitrogens with two attached hydrogens (primary N) is 1. The lowest BCUT2D eigenvalue weighted by Gasteiger charge is -2.08. The van der Waals surface area contributed by atoms with Crippen molar-refractivity contribution in [2.45, 2.75) is 24.9 Å². The second-order valence-electron chi connectivity index (χ2n) is 5.77. The number of hydrogen-bond donors (Lipinski definition) is 2. The molecule has 0 aliphatic carbocycles. The summed E-state index contributed by atoms with van der Waals surface area (Å²) < 4.78 is 1.42. The minimum Gasteiger partial charge on any atom is -0.335 e. The van der Waals surface area contributed by atoms with Gasteiger partial charge >= 0.3 is 0 Å². The number of nitrogen functional groups attached to an aromatic ring is 1. The lowest BCUT2D eigenvalue weighted by Crippen LogP contribution is -2.16. The van der Waals surface area contributed by atoms with Crippen molar-refractivity contribution in [3.05, 3.63) is 47.3 Å². The highest BCUT2D eigenvalue weighted by molar-refractivity contribution is 7.99. The number of aromatic nitrogens is 3. The number of thiophene rings is 1. The molecule has 8 heteroatoms. The van der Waals surface area contributed by atoms with E-state index < -0.39 is 0 Å². The van der Waals surface area contributed by atoms with Gasteiger partial charge in [-0.3, -0.25) is 4.79 Å². The van der Waals surface area contributed by atoms with Crippen LogP contribution in [0, 0.1) is 0 Å². The van der Waals surface area contributed by atoms with E-state index >= 15 is 0 Å². The van der Waals surface area contributed by atoms with E-state index in [2.05, 4.69) is 29.4 Å². The third-order valence-corrected chi connectivity index (χ3v) is 5.41. The zero-order valence-corrected chi connectivity index (χ0v) is 15.6. The maximum Gasteiger partial charge on any atom is 0.234 e. The molecule has 25 heavy (non-hydrogen) atoms. The minimum atomic E-state index is -0.108. The number of amides is 1. The van der Waals surface area contributed by atoms with Gasteiger partial charge in [0.15, 0.2) is 5.82 Å². The van der Waals surface area contributed by atoms with Gasteiger partial charge in [-0.25, -0.2) is 4.68 Å². The van der Waals surface area contributed by atoms with Crippen LogP contribution in [0.1, 0.15) is 25.3 Å². The standard InChI is InChI=1S/C17H19N5OS2/c1-11(2)12-5-7-13(8-6-12)19-15(23)10-25-17-21-20-16(22(17)18)14-4-3-9-24-14/h3-9,11H,10,18H2,1-2H3,(H,19,23). The molecule has 0 fully saturated rings. The second kappa shape index (κ2) is 7.71. The lowest BCUT2D eigenvalue weighted by molar-refractivity contribution is -0.113. The molecule has 0 saturated carbocycles. The molecule has 0 saturated heterocycles. The van der Waals surface area contributed by atoms with Crippen molar-refractivity contribution in [2.75, 3.05) is 16.9 Å². The SMILES string of the molecule is CC(C)c1ccc(NC(=O)CSc2nnc(-c3cccs3)n2N)cc1. The van der Waals surface area contributed by atoms with E-state index in [1.165, 1.54) is 22.0 Å². The van der Waals surface area contributed by atoms with Gasteiger partial charge in [0.2, 0.25) is 11.1 Å². The van der Waals surface area contributed by atoms with Gasteiger partial charge in [-0.2, -0.15) is 0 Å². The zero-order chi connectivity index (χ0) is 17.8. The van der Waals surface area contributed by atoms with Crippen molar-refractivity contribution >= 4 is 34.7 Å². The number of carbonyl (C=O) groups excluding carboxylic acids is 1. The molecule has 0 radical (unpaired) electrons. The summed E-state index contributed by atoms with van der Waals surface area (Å²) in [5, 5.41) is 13.5. The predicted octanol–water partition coefficient (Wildman–Crippen LogP) is 3.57. The van der Waals surface area contributed by atoms with Crippen LogP contribution in [-0.2, 0) is 4.79 Å². The third-order valence-electron chi connectivity index (χ3n) is 3.60. The van der Waals surface area contributed by atoms with Gasteiger partial charge in [0.25, 0.3) is 0 Å². The van der Waals surface area contributed by atoms with Crippen LogP contribution in [0.15, 0.2) is 46.9 Å². The van der Waals surface area contributed by atoms with Gasteiger partial charge in [-0.05, 0) is 35.1 Å². The van der Waals surface area contributed by atoms with Gasteiger partial charge in [0.05, 0.1) is 10.6 Å². The molecule has 0 aliphatic rings. The first-order valence-electron chi connectivity index (χ1n) is 7.81. The highest BCUT2D eigenvalue weighted by Gasteiger charge is 2.14. The van der Waals surface area contributed by atoms with Crippen LogP contribution in [0.5, 0.6) is 0 Å². The molecule has 0 aliphatic heterocycles. The summed E-state index contributed by atoms with van der Waals surface area (Å²) in [5.74, 6) is 7.20. The maximum atomic E-state index is 12.1. The van der Waals surface area contributed by atoms with Gasteiger partial charge in [-0.1, -0.05) is 43.8 Å². The summed E-state index contributed by atoms with van der Waals surface area (Å²) in [7, 11) is 0. The molecule has 0 atom stereocenters. The summed E-state index contributed by atoms with van der Waals surface area (Å²) in [4.78, 5) is 13.1. The average Bonchev–Trinajstić information content (AvgIpc) is 3.23. The first kappa shape index (κ1) is 17.5. The summed E-state index contributed by atoms with van der Waals surface area (Å²) in [6.07, 6.45) is 0. The lowest BCUT2D eigenvalue weighted by atomic mass is 10.0. The summed E-state index contributed by atoms with van der Waals surface area (Å²) in [6.45, 7) is 4.27. The highest BCUT2D eigenvalue weighted by atomic mass is 32.2. The van der Waals surface area contributed by atoms with Crippen molar-refractivity contribution < 1.29 is 4.79 Å². The van der Waals surface area contributed by atoms with E-state index in [9.17, 15) is 4.79 Å². The van der Waals surface area contributed by atoms with Gasteiger partial charge < -0.3 is 11.2 Å². The minimum absolute atomic E-state index is 0.108. The van der Waals surface area contributed by atoms with E-state index in [0.717, 1.165) is 10.6 Å². The van der Waals surface area contributed by atoms with Crippen molar-refractivity contribution in [3.8, 4) is 10.7 Å². The molecule has 2 aromatic heterocycles. The first-order valence-corrected chi connectivity index (χ1v) is 9.68. The Labute approximate surface area is 154 Å². The number of thioether (sulfide) groups is 1.